The second-order valence-corrected chi connectivity index (χ2v) is 20.1. The summed E-state index contributed by atoms with van der Waals surface area (Å²) in [6.45, 7) is 4.88. The molecule has 8 aromatic carbocycles. The Bertz CT molecular complexity index is 3180. The molecular formula is C54H39N3Si. The van der Waals surface area contributed by atoms with Crippen LogP contribution in [0.1, 0.15) is 0 Å². The van der Waals surface area contributed by atoms with Crippen molar-refractivity contribution >= 4 is 40.3 Å². The number of hydrogen-bond donors (Lipinski definition) is 0. The smallest absolute Gasteiger partial charge is 0.160 e. The molecule has 0 bridgehead atoms. The molecule has 10 aromatic rings. The van der Waals surface area contributed by atoms with Crippen molar-refractivity contribution in [3.63, 3.8) is 0 Å². The molecule has 58 heavy (non-hydrogen) atoms. The number of hydrogen-bond acceptors (Lipinski definition) is 2. The van der Waals surface area contributed by atoms with Gasteiger partial charge in [0.15, 0.2) is 5.82 Å². The molecule has 2 aromatic heterocycles. The molecule has 0 fully saturated rings. The van der Waals surface area contributed by atoms with Crippen molar-refractivity contribution in [3.05, 3.63) is 200 Å². The largest absolute Gasteiger partial charge is 0.309 e. The van der Waals surface area contributed by atoms with Crippen LogP contribution in [-0.4, -0.2) is 22.6 Å². The lowest BCUT2D eigenvalue weighted by Gasteiger charge is -2.22. The van der Waals surface area contributed by atoms with E-state index >= 15 is 0 Å². The van der Waals surface area contributed by atoms with E-state index in [0.29, 0.717) is 0 Å². The number of nitrogens with zero attached hydrogens (tertiary/aromatic N) is 3. The van der Waals surface area contributed by atoms with Gasteiger partial charge in [0.1, 0.15) is 8.07 Å². The van der Waals surface area contributed by atoms with Gasteiger partial charge in [0.25, 0.3) is 0 Å². The first-order chi connectivity index (χ1) is 28.5. The third-order valence-electron chi connectivity index (χ3n) is 12.0. The topological polar surface area (TPSA) is 30.7 Å². The zero-order valence-corrected chi connectivity index (χ0v) is 33.4. The fraction of sp³-hybridized carbons (Fsp3) is 0.0370. The zero-order chi connectivity index (χ0) is 38.8. The minimum Gasteiger partial charge on any atom is -0.309 e. The monoisotopic (exact) mass is 757 g/mol. The van der Waals surface area contributed by atoms with Crippen LogP contribution in [0.2, 0.25) is 13.1 Å². The van der Waals surface area contributed by atoms with Crippen LogP contribution in [0.3, 0.4) is 0 Å². The molecule has 0 radical (unpaired) electrons. The fourth-order valence-electron chi connectivity index (χ4n) is 9.13. The Morgan fingerprint density at radius 1 is 0.379 bits per heavy atom. The van der Waals surface area contributed by atoms with Gasteiger partial charge in [-0.3, -0.25) is 0 Å². The van der Waals surface area contributed by atoms with E-state index < -0.39 is 8.07 Å². The standard InChI is InChI=1S/C54H39N3Si/c1-58(2)50-27-13-12-26-45(50)52-53(58)51(55-54(56-52)37-18-8-4-9-19-37)43-23-15-22-40(33-43)38-20-14-21-39(32-38)42-29-31-49-47(35-42)46-34-41(36-16-6-3-7-17-36)28-30-48(46)57(49)44-24-10-5-11-25-44/h3-35H,1-2H3. The van der Waals surface area contributed by atoms with Gasteiger partial charge in [-0.1, -0.05) is 165 Å². The minimum absolute atomic E-state index is 0.767. The molecule has 0 saturated carbocycles. The van der Waals surface area contributed by atoms with Crippen LogP contribution in [-0.2, 0) is 0 Å². The fourth-order valence-corrected chi connectivity index (χ4v) is 12.4. The summed E-state index contributed by atoms with van der Waals surface area (Å²) in [4.78, 5) is 10.7. The number of para-hydroxylation sites is 1. The maximum atomic E-state index is 5.39. The maximum absolute atomic E-state index is 5.39. The average Bonchev–Trinajstić information content (AvgIpc) is 3.74. The number of aromatic nitrogens is 3. The van der Waals surface area contributed by atoms with E-state index in [2.05, 4.69) is 212 Å². The van der Waals surface area contributed by atoms with E-state index in [1.165, 1.54) is 65.6 Å². The predicted octanol–water partition coefficient (Wildman–Crippen LogP) is 12.7. The maximum Gasteiger partial charge on any atom is 0.160 e. The number of fused-ring (bicyclic) bond motifs is 6. The van der Waals surface area contributed by atoms with Crippen molar-refractivity contribution in [2.45, 2.75) is 13.1 Å². The Hall–Kier alpha value is -7.14. The normalized spacial score (nSPS) is 12.8. The quantitative estimate of drug-likeness (QED) is 0.158. The lowest BCUT2D eigenvalue weighted by atomic mass is 9.96. The summed E-state index contributed by atoms with van der Waals surface area (Å²) in [5.41, 5.74) is 16.2. The molecule has 11 rings (SSSR count). The number of rotatable bonds is 6. The Labute approximate surface area is 339 Å². The van der Waals surface area contributed by atoms with E-state index in [1.807, 2.05) is 6.07 Å². The Morgan fingerprint density at radius 2 is 0.845 bits per heavy atom. The summed E-state index contributed by atoms with van der Waals surface area (Å²) < 4.78 is 2.39. The molecule has 3 nitrogen and oxygen atoms in total. The summed E-state index contributed by atoms with van der Waals surface area (Å²) in [6.07, 6.45) is 0. The van der Waals surface area contributed by atoms with Crippen LogP contribution in [0.15, 0.2) is 200 Å². The molecule has 0 unspecified atom stereocenters. The van der Waals surface area contributed by atoms with Gasteiger partial charge >= 0.3 is 0 Å². The summed E-state index contributed by atoms with van der Waals surface area (Å²) >= 11 is 0. The highest BCUT2D eigenvalue weighted by Crippen LogP contribution is 2.39. The average molecular weight is 758 g/mol. The lowest BCUT2D eigenvalue weighted by molar-refractivity contribution is 1.18. The van der Waals surface area contributed by atoms with E-state index in [4.69, 9.17) is 9.97 Å². The Morgan fingerprint density at radius 3 is 1.48 bits per heavy atom. The molecule has 1 aliphatic heterocycles. The highest BCUT2D eigenvalue weighted by atomic mass is 28.3. The Kier molecular flexibility index (Phi) is 7.95. The van der Waals surface area contributed by atoms with Crippen molar-refractivity contribution in [2.75, 3.05) is 0 Å². The van der Waals surface area contributed by atoms with E-state index in [1.54, 1.807) is 0 Å². The first-order valence-electron chi connectivity index (χ1n) is 20.0. The summed E-state index contributed by atoms with van der Waals surface area (Å²) in [5.74, 6) is 0.767. The second kappa shape index (κ2) is 13.5. The molecule has 4 heteroatoms. The zero-order valence-electron chi connectivity index (χ0n) is 32.4. The van der Waals surface area contributed by atoms with Gasteiger partial charge in [0, 0.05) is 27.6 Å². The molecule has 0 atom stereocenters. The first-order valence-corrected chi connectivity index (χ1v) is 23.0. The lowest BCUT2D eigenvalue weighted by Crippen LogP contribution is -2.50. The van der Waals surface area contributed by atoms with Crippen LogP contribution in [0, 0.1) is 0 Å². The van der Waals surface area contributed by atoms with Crippen LogP contribution in [0.4, 0.5) is 0 Å². The van der Waals surface area contributed by atoms with Gasteiger partial charge in [-0.05, 0) is 97.8 Å². The van der Waals surface area contributed by atoms with Gasteiger partial charge in [-0.25, -0.2) is 9.97 Å². The third kappa shape index (κ3) is 5.56. The van der Waals surface area contributed by atoms with Gasteiger partial charge in [-0.15, -0.1) is 0 Å². The minimum atomic E-state index is -2.09. The molecular weight excluding hydrogens is 719 g/mol. The van der Waals surface area contributed by atoms with E-state index in [-0.39, 0.29) is 0 Å². The molecule has 1 aliphatic rings. The van der Waals surface area contributed by atoms with E-state index in [9.17, 15) is 0 Å². The molecule has 274 valence electrons. The molecule has 0 amide bonds. The highest BCUT2D eigenvalue weighted by Gasteiger charge is 2.41. The van der Waals surface area contributed by atoms with Crippen LogP contribution < -0.4 is 10.4 Å². The first kappa shape index (κ1) is 34.1. The van der Waals surface area contributed by atoms with Gasteiger partial charge in [-0.2, -0.15) is 0 Å². The highest BCUT2D eigenvalue weighted by molar-refractivity contribution is 7.04. The number of benzene rings is 8. The summed E-state index contributed by atoms with van der Waals surface area (Å²) in [5, 5.41) is 5.22. The van der Waals surface area contributed by atoms with E-state index in [0.717, 1.165) is 39.6 Å². The van der Waals surface area contributed by atoms with Crippen molar-refractivity contribution in [3.8, 4) is 73.0 Å². The summed E-state index contributed by atoms with van der Waals surface area (Å²) in [7, 11) is -2.09. The van der Waals surface area contributed by atoms with Gasteiger partial charge < -0.3 is 4.57 Å². The van der Waals surface area contributed by atoms with Gasteiger partial charge in [0.05, 0.1) is 22.4 Å². The molecule has 0 spiro atoms. The van der Waals surface area contributed by atoms with Crippen molar-refractivity contribution in [1.29, 1.82) is 0 Å². The van der Waals surface area contributed by atoms with Crippen LogP contribution in [0.5, 0.6) is 0 Å². The van der Waals surface area contributed by atoms with Crippen LogP contribution in [0.25, 0.3) is 94.8 Å². The molecule has 3 heterocycles. The second-order valence-electron chi connectivity index (χ2n) is 15.8. The summed E-state index contributed by atoms with van der Waals surface area (Å²) in [6, 6.07) is 72.3. The molecule has 0 N–H and O–H groups in total. The molecule has 0 saturated heterocycles. The predicted molar refractivity (Wildman–Crippen MR) is 246 cm³/mol. The van der Waals surface area contributed by atoms with Crippen molar-refractivity contribution in [1.82, 2.24) is 14.5 Å². The van der Waals surface area contributed by atoms with Crippen LogP contribution >= 0.6 is 0 Å². The van der Waals surface area contributed by atoms with Crippen molar-refractivity contribution < 1.29 is 0 Å². The molecule has 0 aliphatic carbocycles. The van der Waals surface area contributed by atoms with Gasteiger partial charge in [0.2, 0.25) is 0 Å². The SMILES string of the molecule is C[Si]1(C)c2ccccc2-c2nc(-c3ccccc3)nc(-c3cccc(-c4cccc(-c5ccc6c(c5)c5cc(-c7ccccc7)ccc5n6-c5ccccc5)c4)c3)c21. The third-order valence-corrected chi connectivity index (χ3v) is 15.5. The van der Waals surface area contributed by atoms with Crippen molar-refractivity contribution in [2.24, 2.45) is 0 Å². The Balaban J connectivity index is 1.04.